The highest BCUT2D eigenvalue weighted by Gasteiger charge is 2.27. The summed E-state index contributed by atoms with van der Waals surface area (Å²) in [6.45, 7) is 6.36. The minimum Gasteiger partial charge on any atom is -0.390 e. The van der Waals surface area contributed by atoms with Crippen LogP contribution in [0.4, 0.5) is 0 Å². The number of carbonyl (C=O) groups excluding carboxylic acids is 1. The summed E-state index contributed by atoms with van der Waals surface area (Å²) >= 11 is 0. The molecule has 134 valence electrons. The van der Waals surface area contributed by atoms with Crippen molar-refractivity contribution in [2.24, 2.45) is 0 Å². The molecule has 2 aromatic rings. The number of aryl methyl sites for hydroxylation is 2. The Morgan fingerprint density at radius 3 is 2.80 bits per heavy atom. The smallest absolute Gasteiger partial charge is 0.179 e. The van der Waals surface area contributed by atoms with E-state index in [9.17, 15) is 9.90 Å². The molecule has 1 aromatic carbocycles. The predicted molar refractivity (Wildman–Crippen MR) is 97.2 cm³/mol. The number of aromatic nitrogens is 1. The lowest BCUT2D eigenvalue weighted by Gasteiger charge is -2.29. The van der Waals surface area contributed by atoms with Crippen molar-refractivity contribution in [2.75, 3.05) is 32.8 Å². The van der Waals surface area contributed by atoms with Gasteiger partial charge in [-0.1, -0.05) is 11.6 Å². The van der Waals surface area contributed by atoms with Crippen molar-refractivity contribution in [1.82, 2.24) is 9.47 Å². The number of morpholine rings is 1. The molecule has 1 aromatic heterocycles. The van der Waals surface area contributed by atoms with Crippen molar-refractivity contribution in [3.05, 3.63) is 35.0 Å². The van der Waals surface area contributed by atoms with E-state index in [2.05, 4.69) is 34.6 Å². The van der Waals surface area contributed by atoms with E-state index in [4.69, 9.17) is 4.74 Å². The van der Waals surface area contributed by atoms with Gasteiger partial charge in [-0.15, -0.1) is 0 Å². The molecule has 0 radical (unpaired) electrons. The lowest BCUT2D eigenvalue weighted by molar-refractivity contribution is 0.0116. The van der Waals surface area contributed by atoms with Crippen LogP contribution in [0.25, 0.3) is 10.9 Å². The first-order chi connectivity index (χ1) is 12.1. The first-order valence-corrected chi connectivity index (χ1v) is 9.26. The number of nitrogens with zero attached hydrogens (tertiary/aromatic N) is 2. The van der Waals surface area contributed by atoms with Crippen molar-refractivity contribution in [3.8, 4) is 0 Å². The molecule has 1 atom stereocenters. The summed E-state index contributed by atoms with van der Waals surface area (Å²) in [4.78, 5) is 14.8. The average molecular weight is 342 g/mol. The quantitative estimate of drug-likeness (QED) is 0.925. The molecule has 25 heavy (non-hydrogen) atoms. The van der Waals surface area contributed by atoms with Gasteiger partial charge in [-0.25, -0.2) is 0 Å². The Bertz CT molecular complexity index is 790. The van der Waals surface area contributed by atoms with E-state index in [0.29, 0.717) is 19.5 Å². The Morgan fingerprint density at radius 1 is 1.20 bits per heavy atom. The molecular weight excluding hydrogens is 316 g/mol. The Kier molecular flexibility index (Phi) is 4.63. The third kappa shape index (κ3) is 3.24. The minimum atomic E-state index is -0.492. The second-order valence-corrected chi connectivity index (χ2v) is 7.30. The zero-order valence-corrected chi connectivity index (χ0v) is 14.8. The third-order valence-electron chi connectivity index (χ3n) is 5.38. The van der Waals surface area contributed by atoms with Crippen LogP contribution in [-0.2, 0) is 17.7 Å². The SMILES string of the molecule is Cc1ccc2c(c1)c1c(n2CC(O)CN2CCOCC2)C(=O)CCC1. The van der Waals surface area contributed by atoms with Crippen LogP contribution in [0.2, 0.25) is 0 Å². The molecule has 0 saturated carbocycles. The van der Waals surface area contributed by atoms with Crippen molar-refractivity contribution < 1.29 is 14.6 Å². The predicted octanol–water partition coefficient (Wildman–Crippen LogP) is 2.16. The average Bonchev–Trinajstić information content (AvgIpc) is 2.90. The highest BCUT2D eigenvalue weighted by Crippen LogP contribution is 2.33. The summed E-state index contributed by atoms with van der Waals surface area (Å²) in [5.41, 5.74) is 4.28. The molecule has 2 aliphatic rings. The molecule has 1 fully saturated rings. The van der Waals surface area contributed by atoms with Crippen molar-refractivity contribution in [3.63, 3.8) is 0 Å². The van der Waals surface area contributed by atoms with Gasteiger partial charge in [-0.3, -0.25) is 9.69 Å². The maximum atomic E-state index is 12.6. The number of ketones is 1. The van der Waals surface area contributed by atoms with E-state index in [1.807, 2.05) is 0 Å². The fourth-order valence-corrected chi connectivity index (χ4v) is 4.19. The molecule has 1 aliphatic carbocycles. The van der Waals surface area contributed by atoms with Crippen LogP contribution in [0, 0.1) is 6.92 Å². The van der Waals surface area contributed by atoms with E-state index in [1.54, 1.807) is 0 Å². The topological polar surface area (TPSA) is 54.7 Å². The van der Waals surface area contributed by atoms with Gasteiger partial charge in [-0.05, 0) is 37.5 Å². The van der Waals surface area contributed by atoms with Crippen LogP contribution in [-0.4, -0.2) is 59.3 Å². The maximum Gasteiger partial charge on any atom is 0.179 e. The summed E-state index contributed by atoms with van der Waals surface area (Å²) in [5.74, 6) is 0.216. The summed E-state index contributed by atoms with van der Waals surface area (Å²) in [5, 5.41) is 11.8. The number of carbonyl (C=O) groups is 1. The Labute approximate surface area is 148 Å². The number of β-amino-alcohol motifs (C(OH)–C–C–N with tert-alkyl or cyclic N) is 1. The van der Waals surface area contributed by atoms with Gasteiger partial charge in [0, 0.05) is 37.0 Å². The van der Waals surface area contributed by atoms with Gasteiger partial charge in [0.05, 0.1) is 31.6 Å². The Morgan fingerprint density at radius 2 is 2.00 bits per heavy atom. The molecule has 4 rings (SSSR count). The maximum absolute atomic E-state index is 12.6. The number of hydrogen-bond donors (Lipinski definition) is 1. The number of rotatable bonds is 4. The van der Waals surface area contributed by atoms with E-state index in [-0.39, 0.29) is 5.78 Å². The summed E-state index contributed by atoms with van der Waals surface area (Å²) in [6, 6.07) is 6.36. The van der Waals surface area contributed by atoms with Gasteiger partial charge in [0.1, 0.15) is 0 Å². The van der Waals surface area contributed by atoms with Crippen LogP contribution in [0.1, 0.15) is 34.5 Å². The summed E-state index contributed by atoms with van der Waals surface area (Å²) in [7, 11) is 0. The van der Waals surface area contributed by atoms with Crippen LogP contribution in [0.5, 0.6) is 0 Å². The van der Waals surface area contributed by atoms with Gasteiger partial charge >= 0.3 is 0 Å². The Hall–Kier alpha value is -1.69. The number of Topliss-reactive ketones (excluding diaryl/α,β-unsaturated/α-hetero) is 1. The first-order valence-electron chi connectivity index (χ1n) is 9.26. The van der Waals surface area contributed by atoms with E-state index < -0.39 is 6.10 Å². The molecule has 0 bridgehead atoms. The molecule has 1 N–H and O–H groups in total. The molecule has 5 heteroatoms. The zero-order valence-electron chi connectivity index (χ0n) is 14.8. The molecule has 1 saturated heterocycles. The number of aliphatic hydroxyl groups excluding tert-OH is 1. The standard InChI is InChI=1S/C20H26N2O3/c1-14-5-6-18-17(11-14)16-3-2-4-19(24)20(16)22(18)13-15(23)12-21-7-9-25-10-8-21/h5-6,11,15,23H,2-4,7-10,12-13H2,1H3. The summed E-state index contributed by atoms with van der Waals surface area (Å²) in [6.07, 6.45) is 2.00. The summed E-state index contributed by atoms with van der Waals surface area (Å²) < 4.78 is 7.44. The van der Waals surface area contributed by atoms with Crippen LogP contribution >= 0.6 is 0 Å². The number of fused-ring (bicyclic) bond motifs is 3. The van der Waals surface area contributed by atoms with E-state index in [1.165, 1.54) is 16.5 Å². The van der Waals surface area contributed by atoms with Gasteiger partial charge in [0.2, 0.25) is 0 Å². The molecule has 0 spiro atoms. The molecular formula is C20H26N2O3. The highest BCUT2D eigenvalue weighted by molar-refractivity contribution is 6.04. The van der Waals surface area contributed by atoms with Crippen LogP contribution < -0.4 is 0 Å². The van der Waals surface area contributed by atoms with Crippen LogP contribution in [0.15, 0.2) is 18.2 Å². The number of aliphatic hydroxyl groups is 1. The van der Waals surface area contributed by atoms with Gasteiger partial charge in [0.15, 0.2) is 5.78 Å². The van der Waals surface area contributed by atoms with Gasteiger partial charge in [-0.2, -0.15) is 0 Å². The molecule has 0 amide bonds. The molecule has 1 aliphatic heterocycles. The van der Waals surface area contributed by atoms with Crippen molar-refractivity contribution in [1.29, 1.82) is 0 Å². The van der Waals surface area contributed by atoms with Crippen molar-refractivity contribution in [2.45, 2.75) is 38.8 Å². The Balaban J connectivity index is 1.66. The first kappa shape index (κ1) is 16.8. The van der Waals surface area contributed by atoms with Gasteiger partial charge < -0.3 is 14.4 Å². The monoisotopic (exact) mass is 342 g/mol. The third-order valence-corrected chi connectivity index (χ3v) is 5.38. The highest BCUT2D eigenvalue weighted by atomic mass is 16.5. The zero-order chi connectivity index (χ0) is 17.4. The molecule has 1 unspecified atom stereocenters. The number of benzene rings is 1. The lowest BCUT2D eigenvalue weighted by atomic mass is 9.94. The number of ether oxygens (including phenoxy) is 1. The molecule has 2 heterocycles. The minimum absolute atomic E-state index is 0.216. The van der Waals surface area contributed by atoms with E-state index in [0.717, 1.165) is 50.4 Å². The fourth-order valence-electron chi connectivity index (χ4n) is 4.19. The second kappa shape index (κ2) is 6.90. The normalized spacial score (nSPS) is 20.0. The van der Waals surface area contributed by atoms with Crippen molar-refractivity contribution >= 4 is 16.7 Å². The second-order valence-electron chi connectivity index (χ2n) is 7.30. The fraction of sp³-hybridized carbons (Fsp3) is 0.550. The molecule has 5 nitrogen and oxygen atoms in total. The largest absolute Gasteiger partial charge is 0.390 e. The number of hydrogen-bond acceptors (Lipinski definition) is 4. The van der Waals surface area contributed by atoms with Gasteiger partial charge in [0.25, 0.3) is 0 Å². The lowest BCUT2D eigenvalue weighted by Crippen LogP contribution is -2.42. The van der Waals surface area contributed by atoms with Crippen LogP contribution in [0.3, 0.4) is 0 Å². The van der Waals surface area contributed by atoms with E-state index >= 15 is 0 Å².